The first-order valence-corrected chi connectivity index (χ1v) is 15.9. The molecule has 0 bridgehead atoms. The van der Waals surface area contributed by atoms with Crippen LogP contribution in [0.25, 0.3) is 77.2 Å². The number of hydrogen-bond donors (Lipinski definition) is 0. The summed E-state index contributed by atoms with van der Waals surface area (Å²) >= 11 is 0. The normalized spacial score (nSPS) is 11.3. The van der Waals surface area contributed by atoms with Crippen molar-refractivity contribution >= 4 is 43.6 Å². The van der Waals surface area contributed by atoms with Crippen molar-refractivity contribution in [2.24, 2.45) is 0 Å². The Bertz CT molecular complexity index is 2710. The van der Waals surface area contributed by atoms with Crippen molar-refractivity contribution in [1.29, 1.82) is 10.5 Å². The van der Waals surface area contributed by atoms with Crippen molar-refractivity contribution in [2.75, 3.05) is 0 Å². The third-order valence-corrected chi connectivity index (χ3v) is 9.44. The van der Waals surface area contributed by atoms with Gasteiger partial charge in [0.25, 0.3) is 0 Å². The molecule has 0 unspecified atom stereocenters. The average Bonchev–Trinajstić information content (AvgIpc) is 3.67. The van der Waals surface area contributed by atoms with Gasteiger partial charge in [0.1, 0.15) is 6.07 Å². The molecule has 0 spiro atoms. The van der Waals surface area contributed by atoms with E-state index in [0.717, 1.165) is 66.5 Å². The third kappa shape index (κ3) is 4.01. The van der Waals surface area contributed by atoms with Crippen LogP contribution >= 0.6 is 0 Å². The molecule has 0 radical (unpaired) electrons. The lowest BCUT2D eigenvalue weighted by atomic mass is 9.89. The van der Waals surface area contributed by atoms with Crippen molar-refractivity contribution in [2.45, 2.75) is 0 Å². The van der Waals surface area contributed by atoms with Gasteiger partial charge in [0.05, 0.1) is 45.0 Å². The van der Waals surface area contributed by atoms with E-state index < -0.39 is 0 Å². The van der Waals surface area contributed by atoms with E-state index >= 15 is 0 Å². The monoisotopic (exact) mass is 610 g/mol. The van der Waals surface area contributed by atoms with Gasteiger partial charge in [-0.25, -0.2) is 0 Å². The molecule has 2 heterocycles. The van der Waals surface area contributed by atoms with Crippen LogP contribution in [-0.2, 0) is 0 Å². The molecule has 48 heavy (non-hydrogen) atoms. The van der Waals surface area contributed by atoms with Crippen molar-refractivity contribution in [3.05, 3.63) is 169 Å². The van der Waals surface area contributed by atoms with Gasteiger partial charge in [0.2, 0.25) is 0 Å². The van der Waals surface area contributed by atoms with E-state index in [1.165, 1.54) is 10.8 Å². The Hall–Kier alpha value is -6.88. The smallest absolute Gasteiger partial charge is 0.100 e. The van der Waals surface area contributed by atoms with Crippen LogP contribution in [0.15, 0.2) is 158 Å². The number of nitrogens with zero attached hydrogens (tertiary/aromatic N) is 4. The highest BCUT2D eigenvalue weighted by Gasteiger charge is 2.20. The Balaban J connectivity index is 1.24. The maximum absolute atomic E-state index is 10.7. The summed E-state index contributed by atoms with van der Waals surface area (Å²) in [5.41, 5.74) is 10.5. The highest BCUT2D eigenvalue weighted by molar-refractivity contribution is 6.10. The lowest BCUT2D eigenvalue weighted by Gasteiger charge is -2.17. The number of rotatable bonds is 4. The number of benzene rings is 7. The second-order valence-corrected chi connectivity index (χ2v) is 11.9. The fourth-order valence-electron chi connectivity index (χ4n) is 7.40. The Labute approximate surface area is 277 Å². The SMILES string of the molecule is N#Cc1cc(-n2c3ccccc3c3ccccc32)ccc1-c1cccc(-c2ccccc2-n2c3ccccc3c3ccccc32)c1C#N. The summed E-state index contributed by atoms with van der Waals surface area (Å²) in [4.78, 5) is 0. The van der Waals surface area contributed by atoms with Gasteiger partial charge in [0.15, 0.2) is 0 Å². The minimum absolute atomic E-state index is 0.513. The largest absolute Gasteiger partial charge is 0.309 e. The summed E-state index contributed by atoms with van der Waals surface area (Å²) in [5, 5.41) is 25.9. The van der Waals surface area contributed by atoms with E-state index in [1.54, 1.807) is 0 Å². The highest BCUT2D eigenvalue weighted by Crippen LogP contribution is 2.40. The molecule has 0 N–H and O–H groups in total. The van der Waals surface area contributed by atoms with Gasteiger partial charge < -0.3 is 9.13 Å². The molecule has 0 amide bonds. The van der Waals surface area contributed by atoms with Crippen molar-refractivity contribution in [3.63, 3.8) is 0 Å². The van der Waals surface area contributed by atoms with Crippen LogP contribution in [-0.4, -0.2) is 9.13 Å². The van der Waals surface area contributed by atoms with Crippen LogP contribution in [0, 0.1) is 22.7 Å². The van der Waals surface area contributed by atoms with E-state index in [9.17, 15) is 10.5 Å². The topological polar surface area (TPSA) is 57.4 Å². The summed E-state index contributed by atoms with van der Waals surface area (Å²) in [7, 11) is 0. The number of nitriles is 2. The zero-order valence-corrected chi connectivity index (χ0v) is 25.8. The molecule has 0 saturated carbocycles. The van der Waals surface area contributed by atoms with Gasteiger partial charge >= 0.3 is 0 Å². The average molecular weight is 611 g/mol. The second kappa shape index (κ2) is 10.9. The van der Waals surface area contributed by atoms with Crippen LogP contribution in [0.3, 0.4) is 0 Å². The van der Waals surface area contributed by atoms with E-state index in [-0.39, 0.29) is 0 Å². The molecule has 0 aliphatic heterocycles. The molecule has 0 aliphatic carbocycles. The summed E-state index contributed by atoms with van der Waals surface area (Å²) in [6.07, 6.45) is 0. The Morgan fingerprint density at radius 1 is 0.375 bits per heavy atom. The van der Waals surface area contributed by atoms with Crippen LogP contribution in [0.2, 0.25) is 0 Å². The quantitative estimate of drug-likeness (QED) is 0.199. The minimum atomic E-state index is 0.513. The number of para-hydroxylation sites is 5. The predicted molar refractivity (Wildman–Crippen MR) is 195 cm³/mol. The molecular formula is C44H26N4. The van der Waals surface area contributed by atoms with Crippen LogP contribution in [0.4, 0.5) is 0 Å². The molecule has 0 fully saturated rings. The van der Waals surface area contributed by atoms with Crippen LogP contribution in [0.1, 0.15) is 11.1 Å². The van der Waals surface area contributed by atoms with E-state index in [4.69, 9.17) is 0 Å². The molecule has 0 aliphatic rings. The first-order chi connectivity index (χ1) is 23.8. The zero-order chi connectivity index (χ0) is 32.2. The van der Waals surface area contributed by atoms with Crippen molar-refractivity contribution < 1.29 is 0 Å². The first kappa shape index (κ1) is 27.4. The fraction of sp³-hybridized carbons (Fsp3) is 0. The van der Waals surface area contributed by atoms with Gasteiger partial charge in [-0.05, 0) is 42.5 Å². The van der Waals surface area contributed by atoms with E-state index in [1.807, 2.05) is 54.6 Å². The molecule has 222 valence electrons. The molecule has 9 aromatic rings. The number of hydrogen-bond acceptors (Lipinski definition) is 2. The maximum atomic E-state index is 10.7. The molecule has 4 heteroatoms. The summed E-state index contributed by atoms with van der Waals surface area (Å²) in [6, 6.07) is 58.7. The van der Waals surface area contributed by atoms with E-state index in [0.29, 0.717) is 11.1 Å². The van der Waals surface area contributed by atoms with Crippen LogP contribution < -0.4 is 0 Å². The molecular weight excluding hydrogens is 585 g/mol. The Morgan fingerprint density at radius 3 is 1.38 bits per heavy atom. The second-order valence-electron chi connectivity index (χ2n) is 11.9. The Kier molecular flexibility index (Phi) is 6.22. The molecule has 4 nitrogen and oxygen atoms in total. The van der Waals surface area contributed by atoms with Gasteiger partial charge in [-0.3, -0.25) is 0 Å². The van der Waals surface area contributed by atoms with Gasteiger partial charge in [-0.15, -0.1) is 0 Å². The third-order valence-electron chi connectivity index (χ3n) is 9.44. The standard InChI is InChI=1S/C44H26N4/c45-27-29-26-30(47-40-19-6-2-13-35(40)36-14-3-7-20-41(36)47)24-25-31(29)32-17-11-18-33(39(32)28-46)34-12-1-8-21-42(34)48-43-22-9-4-15-37(43)38-16-5-10-23-44(38)48/h1-26H. The molecule has 0 atom stereocenters. The van der Waals surface area contributed by atoms with E-state index in [2.05, 4.69) is 124 Å². The summed E-state index contributed by atoms with van der Waals surface area (Å²) < 4.78 is 4.49. The zero-order valence-electron chi connectivity index (χ0n) is 25.8. The minimum Gasteiger partial charge on any atom is -0.309 e. The Morgan fingerprint density at radius 2 is 0.833 bits per heavy atom. The van der Waals surface area contributed by atoms with Crippen LogP contribution in [0.5, 0.6) is 0 Å². The van der Waals surface area contributed by atoms with Gasteiger partial charge in [-0.2, -0.15) is 10.5 Å². The maximum Gasteiger partial charge on any atom is 0.100 e. The van der Waals surface area contributed by atoms with Gasteiger partial charge in [-0.1, -0.05) is 115 Å². The predicted octanol–water partition coefficient (Wildman–Crippen LogP) is 11.0. The van der Waals surface area contributed by atoms with Gasteiger partial charge in [0, 0.05) is 49.5 Å². The highest BCUT2D eigenvalue weighted by atomic mass is 15.0. The molecule has 7 aromatic carbocycles. The number of fused-ring (bicyclic) bond motifs is 6. The molecule has 2 aromatic heterocycles. The summed E-state index contributed by atoms with van der Waals surface area (Å²) in [5.74, 6) is 0. The first-order valence-electron chi connectivity index (χ1n) is 15.9. The van der Waals surface area contributed by atoms with Crippen molar-refractivity contribution in [3.8, 4) is 45.8 Å². The van der Waals surface area contributed by atoms with Crippen molar-refractivity contribution in [1.82, 2.24) is 9.13 Å². The number of aromatic nitrogens is 2. The summed E-state index contributed by atoms with van der Waals surface area (Å²) in [6.45, 7) is 0. The lowest BCUT2D eigenvalue weighted by Crippen LogP contribution is -2.00. The lowest BCUT2D eigenvalue weighted by molar-refractivity contribution is 1.18. The molecule has 0 saturated heterocycles. The fourth-order valence-corrected chi connectivity index (χ4v) is 7.40. The molecule has 9 rings (SSSR count).